The van der Waals surface area contributed by atoms with Crippen molar-refractivity contribution in [2.75, 3.05) is 18.5 Å². The predicted octanol–water partition coefficient (Wildman–Crippen LogP) is 6.21. The summed E-state index contributed by atoms with van der Waals surface area (Å²) in [6.07, 6.45) is 0. The van der Waals surface area contributed by atoms with E-state index < -0.39 is 0 Å². The second-order valence-corrected chi connectivity index (χ2v) is 7.99. The number of aromatic nitrogens is 1. The molecule has 0 spiro atoms. The Balaban J connectivity index is 1.44. The topological polar surface area (TPSA) is 60.5 Å². The van der Waals surface area contributed by atoms with Crippen molar-refractivity contribution in [1.29, 1.82) is 0 Å². The van der Waals surface area contributed by atoms with Gasteiger partial charge < -0.3 is 14.8 Å². The van der Waals surface area contributed by atoms with Crippen LogP contribution in [0.5, 0.6) is 11.5 Å². The van der Waals surface area contributed by atoms with Gasteiger partial charge >= 0.3 is 0 Å². The van der Waals surface area contributed by atoms with Crippen LogP contribution >= 0.6 is 23.1 Å². The first-order valence-electron chi connectivity index (χ1n) is 9.70. The van der Waals surface area contributed by atoms with Crippen LogP contribution in [-0.4, -0.2) is 23.4 Å². The van der Waals surface area contributed by atoms with Gasteiger partial charge in [-0.2, -0.15) is 4.37 Å². The van der Waals surface area contributed by atoms with Gasteiger partial charge in [-0.3, -0.25) is 4.79 Å². The molecular weight excluding hydrogens is 432 g/mol. The molecule has 1 aliphatic heterocycles. The van der Waals surface area contributed by atoms with Crippen LogP contribution < -0.4 is 14.8 Å². The number of nitrogens with one attached hydrogen (secondary N) is 1. The SMILES string of the molecule is O=C(c1cccc(Nc2cccc(-c3ccc4c(c3)OCCO4)c2Cl)c1)c1ccsn1. The monoisotopic (exact) mass is 448 g/mol. The Morgan fingerprint density at radius 2 is 1.81 bits per heavy atom. The third kappa shape index (κ3) is 4.00. The van der Waals surface area contributed by atoms with Gasteiger partial charge in [0.15, 0.2) is 11.5 Å². The second-order valence-electron chi connectivity index (χ2n) is 6.95. The molecule has 0 unspecified atom stereocenters. The van der Waals surface area contributed by atoms with E-state index in [0.717, 1.165) is 28.3 Å². The first-order chi connectivity index (χ1) is 15.2. The first-order valence-corrected chi connectivity index (χ1v) is 10.9. The maximum absolute atomic E-state index is 12.6. The third-order valence-electron chi connectivity index (χ3n) is 4.93. The molecular formula is C24H17ClN2O3S. The van der Waals surface area contributed by atoms with Gasteiger partial charge in [-0.25, -0.2) is 0 Å². The Hall–Kier alpha value is -3.35. The van der Waals surface area contributed by atoms with Gasteiger partial charge in [0.2, 0.25) is 5.78 Å². The van der Waals surface area contributed by atoms with Crippen LogP contribution in [0.4, 0.5) is 11.4 Å². The lowest BCUT2D eigenvalue weighted by molar-refractivity contribution is 0.103. The molecule has 0 amide bonds. The van der Waals surface area contributed by atoms with Crippen LogP contribution in [0.2, 0.25) is 5.02 Å². The zero-order valence-corrected chi connectivity index (χ0v) is 17.9. The minimum atomic E-state index is -0.110. The minimum Gasteiger partial charge on any atom is -0.486 e. The number of carbonyl (C=O) groups excluding carboxylic acids is 1. The number of halogens is 1. The van der Waals surface area contributed by atoms with Gasteiger partial charge in [0.1, 0.15) is 18.9 Å². The number of hydrogen-bond acceptors (Lipinski definition) is 6. The molecule has 0 radical (unpaired) electrons. The Morgan fingerprint density at radius 1 is 0.968 bits per heavy atom. The molecule has 0 fully saturated rings. The molecule has 5 rings (SSSR count). The molecule has 1 aromatic heterocycles. The summed E-state index contributed by atoms with van der Waals surface area (Å²) in [5, 5.41) is 5.70. The molecule has 2 heterocycles. The Kier molecular flexibility index (Phi) is 5.32. The summed E-state index contributed by atoms with van der Waals surface area (Å²) in [7, 11) is 0. The lowest BCUT2D eigenvalue weighted by Gasteiger charge is -2.19. The lowest BCUT2D eigenvalue weighted by atomic mass is 10.0. The summed E-state index contributed by atoms with van der Waals surface area (Å²) in [6, 6.07) is 20.6. The predicted molar refractivity (Wildman–Crippen MR) is 123 cm³/mol. The molecule has 0 saturated carbocycles. The first kappa shape index (κ1) is 19.6. The summed E-state index contributed by atoms with van der Waals surface area (Å²) in [5.41, 5.74) is 4.33. The van der Waals surface area contributed by atoms with Gasteiger partial charge in [-0.05, 0) is 53.5 Å². The van der Waals surface area contributed by atoms with E-state index in [0.29, 0.717) is 35.2 Å². The van der Waals surface area contributed by atoms with Crippen molar-refractivity contribution in [2.24, 2.45) is 0 Å². The minimum absolute atomic E-state index is 0.110. The fraction of sp³-hybridized carbons (Fsp3) is 0.0833. The van der Waals surface area contributed by atoms with Crippen LogP contribution in [0, 0.1) is 0 Å². The highest BCUT2D eigenvalue weighted by atomic mass is 35.5. The molecule has 1 aliphatic rings. The molecule has 1 N–H and O–H groups in total. The number of nitrogens with zero attached hydrogens (tertiary/aromatic N) is 1. The molecule has 31 heavy (non-hydrogen) atoms. The zero-order chi connectivity index (χ0) is 21.2. The maximum Gasteiger partial charge on any atom is 0.212 e. The zero-order valence-electron chi connectivity index (χ0n) is 16.3. The molecule has 0 atom stereocenters. The summed E-state index contributed by atoms with van der Waals surface area (Å²) in [4.78, 5) is 12.6. The second kappa shape index (κ2) is 8.41. The van der Waals surface area contributed by atoms with Crippen LogP contribution in [0.1, 0.15) is 16.1 Å². The van der Waals surface area contributed by atoms with Crippen molar-refractivity contribution in [3.05, 3.63) is 88.4 Å². The molecule has 154 valence electrons. The van der Waals surface area contributed by atoms with Crippen molar-refractivity contribution in [3.63, 3.8) is 0 Å². The Labute approximate surface area is 188 Å². The van der Waals surface area contributed by atoms with Crippen LogP contribution in [0.25, 0.3) is 11.1 Å². The Morgan fingerprint density at radius 3 is 2.65 bits per heavy atom. The van der Waals surface area contributed by atoms with Crippen molar-refractivity contribution >= 4 is 40.3 Å². The van der Waals surface area contributed by atoms with Crippen LogP contribution in [0.15, 0.2) is 72.1 Å². The van der Waals surface area contributed by atoms with Crippen LogP contribution in [0.3, 0.4) is 0 Å². The van der Waals surface area contributed by atoms with Gasteiger partial charge in [0.25, 0.3) is 0 Å². The van der Waals surface area contributed by atoms with E-state index in [-0.39, 0.29) is 5.78 Å². The largest absolute Gasteiger partial charge is 0.486 e. The number of hydrogen-bond donors (Lipinski definition) is 1. The van der Waals surface area contributed by atoms with E-state index >= 15 is 0 Å². The number of ether oxygens (including phenoxy) is 2. The number of benzene rings is 3. The van der Waals surface area contributed by atoms with E-state index in [9.17, 15) is 4.79 Å². The lowest BCUT2D eigenvalue weighted by Crippen LogP contribution is -2.15. The molecule has 5 nitrogen and oxygen atoms in total. The smallest absolute Gasteiger partial charge is 0.212 e. The van der Waals surface area contributed by atoms with Crippen molar-refractivity contribution < 1.29 is 14.3 Å². The summed E-state index contributed by atoms with van der Waals surface area (Å²) < 4.78 is 15.4. The molecule has 7 heteroatoms. The maximum atomic E-state index is 12.6. The highest BCUT2D eigenvalue weighted by molar-refractivity contribution is 7.03. The van der Waals surface area contributed by atoms with Crippen molar-refractivity contribution in [1.82, 2.24) is 4.37 Å². The van der Waals surface area contributed by atoms with E-state index in [2.05, 4.69) is 9.69 Å². The fourth-order valence-corrected chi connectivity index (χ4v) is 4.22. The van der Waals surface area contributed by atoms with Gasteiger partial charge in [-0.15, -0.1) is 0 Å². The van der Waals surface area contributed by atoms with Gasteiger partial charge in [0.05, 0.1) is 10.7 Å². The fourth-order valence-electron chi connectivity index (χ4n) is 3.43. The van der Waals surface area contributed by atoms with Gasteiger partial charge in [0, 0.05) is 22.2 Å². The van der Waals surface area contributed by atoms with Crippen molar-refractivity contribution in [3.8, 4) is 22.6 Å². The number of anilines is 2. The number of rotatable bonds is 5. The summed E-state index contributed by atoms with van der Waals surface area (Å²) in [5.74, 6) is 1.34. The number of ketones is 1. The van der Waals surface area contributed by atoms with Crippen molar-refractivity contribution in [2.45, 2.75) is 0 Å². The van der Waals surface area contributed by atoms with Crippen LogP contribution in [-0.2, 0) is 0 Å². The average molecular weight is 449 g/mol. The molecule has 0 aliphatic carbocycles. The normalized spacial score (nSPS) is 12.4. The van der Waals surface area contributed by atoms with E-state index in [4.69, 9.17) is 21.1 Å². The quantitative estimate of drug-likeness (QED) is 0.368. The molecule has 0 bridgehead atoms. The standard InChI is InChI=1S/C24H17ClN2O3S/c25-23-18(15-7-8-21-22(14-15)30-11-10-29-21)5-2-6-19(23)26-17-4-1-3-16(13-17)24(28)20-9-12-31-27-20/h1-9,12-14,26H,10-11H2. The molecule has 0 saturated heterocycles. The highest BCUT2D eigenvalue weighted by Crippen LogP contribution is 2.39. The van der Waals surface area contributed by atoms with E-state index in [1.54, 1.807) is 23.6 Å². The van der Waals surface area contributed by atoms with E-state index in [1.807, 2.05) is 48.5 Å². The molecule has 3 aromatic carbocycles. The average Bonchev–Trinajstić information content (AvgIpc) is 3.35. The summed E-state index contributed by atoms with van der Waals surface area (Å²) >= 11 is 8.01. The van der Waals surface area contributed by atoms with Gasteiger partial charge in [-0.1, -0.05) is 41.9 Å². The number of carbonyl (C=O) groups is 1. The highest BCUT2D eigenvalue weighted by Gasteiger charge is 2.16. The molecule has 4 aromatic rings. The third-order valence-corrected chi connectivity index (χ3v) is 5.89. The Bertz CT molecular complexity index is 1260. The summed E-state index contributed by atoms with van der Waals surface area (Å²) in [6.45, 7) is 1.08. The van der Waals surface area contributed by atoms with E-state index in [1.165, 1.54) is 11.5 Å². The number of fused-ring (bicyclic) bond motifs is 1.